The van der Waals surface area contributed by atoms with Gasteiger partial charge in [-0.25, -0.2) is 4.39 Å². The lowest BCUT2D eigenvalue weighted by Crippen LogP contribution is -2.45. The van der Waals surface area contributed by atoms with Crippen LogP contribution in [0.1, 0.15) is 25.3 Å². The molecule has 0 aliphatic carbocycles. The van der Waals surface area contributed by atoms with E-state index >= 15 is 0 Å². The molecule has 2 unspecified atom stereocenters. The van der Waals surface area contributed by atoms with Crippen LogP contribution in [-0.2, 0) is 11.2 Å². The molecular formula is C15H20FNO2. The molecule has 1 aliphatic heterocycles. The van der Waals surface area contributed by atoms with E-state index in [1.165, 1.54) is 6.07 Å². The van der Waals surface area contributed by atoms with Gasteiger partial charge in [-0.3, -0.25) is 4.79 Å². The molecule has 1 aromatic rings. The minimum Gasteiger partial charge on any atom is -0.391 e. The van der Waals surface area contributed by atoms with Crippen LogP contribution in [-0.4, -0.2) is 35.1 Å². The van der Waals surface area contributed by atoms with E-state index in [0.717, 1.165) is 6.42 Å². The number of halogens is 1. The van der Waals surface area contributed by atoms with E-state index in [1.807, 2.05) is 6.92 Å². The summed E-state index contributed by atoms with van der Waals surface area (Å²) in [5.74, 6) is -0.0209. The maximum atomic E-state index is 13.4. The van der Waals surface area contributed by atoms with Crippen LogP contribution >= 0.6 is 0 Å². The molecule has 1 amide bonds. The zero-order valence-corrected chi connectivity index (χ0v) is 11.2. The molecule has 1 saturated heterocycles. The predicted molar refractivity (Wildman–Crippen MR) is 71.1 cm³/mol. The largest absolute Gasteiger partial charge is 0.391 e. The monoisotopic (exact) mass is 265 g/mol. The van der Waals surface area contributed by atoms with Gasteiger partial charge in [-0.05, 0) is 30.4 Å². The van der Waals surface area contributed by atoms with Crippen molar-refractivity contribution in [2.24, 2.45) is 5.92 Å². The van der Waals surface area contributed by atoms with Crippen LogP contribution in [0, 0.1) is 11.7 Å². The van der Waals surface area contributed by atoms with Gasteiger partial charge in [0.15, 0.2) is 0 Å². The fraction of sp³-hybridized carbons (Fsp3) is 0.533. The van der Waals surface area contributed by atoms with Crippen molar-refractivity contribution in [1.82, 2.24) is 4.90 Å². The molecule has 0 aromatic heterocycles. The van der Waals surface area contributed by atoms with Gasteiger partial charge < -0.3 is 10.0 Å². The number of aryl methyl sites for hydroxylation is 1. The third kappa shape index (κ3) is 3.53. The Hall–Kier alpha value is -1.42. The van der Waals surface area contributed by atoms with Crippen molar-refractivity contribution in [1.29, 1.82) is 0 Å². The molecule has 1 aromatic carbocycles. The Balaban J connectivity index is 1.87. The summed E-state index contributed by atoms with van der Waals surface area (Å²) in [7, 11) is 0. The highest BCUT2D eigenvalue weighted by atomic mass is 19.1. The van der Waals surface area contributed by atoms with Crippen LogP contribution in [0.15, 0.2) is 24.3 Å². The average molecular weight is 265 g/mol. The van der Waals surface area contributed by atoms with E-state index in [-0.39, 0.29) is 17.6 Å². The molecular weight excluding hydrogens is 245 g/mol. The Morgan fingerprint density at radius 3 is 2.89 bits per heavy atom. The molecule has 0 spiro atoms. The van der Waals surface area contributed by atoms with Gasteiger partial charge in [0.1, 0.15) is 5.82 Å². The predicted octanol–water partition coefficient (Wildman–Crippen LogP) is 1.99. The van der Waals surface area contributed by atoms with Crippen molar-refractivity contribution in [3.63, 3.8) is 0 Å². The molecule has 1 aliphatic rings. The van der Waals surface area contributed by atoms with Crippen LogP contribution in [0.5, 0.6) is 0 Å². The molecule has 2 atom stereocenters. The van der Waals surface area contributed by atoms with E-state index in [1.54, 1.807) is 23.1 Å². The minimum absolute atomic E-state index is 0.00537. The molecule has 0 bridgehead atoms. The number of aliphatic hydroxyl groups excluding tert-OH is 1. The number of aliphatic hydroxyl groups is 1. The third-order valence-electron chi connectivity index (χ3n) is 3.84. The quantitative estimate of drug-likeness (QED) is 0.908. The summed E-state index contributed by atoms with van der Waals surface area (Å²) in [4.78, 5) is 13.7. The molecule has 1 fully saturated rings. The SMILES string of the molecule is CC1CCN(C(=O)CCc2ccccc2F)CC1O. The average Bonchev–Trinajstić information content (AvgIpc) is 2.40. The summed E-state index contributed by atoms with van der Waals surface area (Å²) in [6.07, 6.45) is 1.09. The lowest BCUT2D eigenvalue weighted by Gasteiger charge is -2.34. The summed E-state index contributed by atoms with van der Waals surface area (Å²) in [5, 5.41) is 9.77. The van der Waals surface area contributed by atoms with Crippen molar-refractivity contribution < 1.29 is 14.3 Å². The van der Waals surface area contributed by atoms with E-state index < -0.39 is 6.10 Å². The summed E-state index contributed by atoms with van der Waals surface area (Å²) in [5.41, 5.74) is 0.571. The zero-order chi connectivity index (χ0) is 13.8. The fourth-order valence-electron chi connectivity index (χ4n) is 2.38. The van der Waals surface area contributed by atoms with E-state index in [9.17, 15) is 14.3 Å². The highest BCUT2D eigenvalue weighted by Gasteiger charge is 2.26. The number of hydrogen-bond acceptors (Lipinski definition) is 2. The van der Waals surface area contributed by atoms with Crippen molar-refractivity contribution in [3.8, 4) is 0 Å². The highest BCUT2D eigenvalue weighted by Crippen LogP contribution is 2.18. The Morgan fingerprint density at radius 1 is 1.47 bits per heavy atom. The number of hydrogen-bond donors (Lipinski definition) is 1. The smallest absolute Gasteiger partial charge is 0.222 e. The summed E-state index contributed by atoms with van der Waals surface area (Å²) < 4.78 is 13.4. The summed E-state index contributed by atoms with van der Waals surface area (Å²) in [6.45, 7) is 3.08. The van der Waals surface area contributed by atoms with Crippen LogP contribution < -0.4 is 0 Å². The first-order valence-corrected chi connectivity index (χ1v) is 6.77. The van der Waals surface area contributed by atoms with E-state index in [4.69, 9.17) is 0 Å². The maximum absolute atomic E-state index is 13.4. The lowest BCUT2D eigenvalue weighted by molar-refractivity contribution is -0.135. The lowest BCUT2D eigenvalue weighted by atomic mass is 9.95. The number of benzene rings is 1. The van der Waals surface area contributed by atoms with Crippen LogP contribution in [0.4, 0.5) is 4.39 Å². The summed E-state index contributed by atoms with van der Waals surface area (Å²) >= 11 is 0. The third-order valence-corrected chi connectivity index (χ3v) is 3.84. The molecule has 3 nitrogen and oxygen atoms in total. The van der Waals surface area contributed by atoms with E-state index in [0.29, 0.717) is 31.5 Å². The number of amides is 1. The number of β-amino-alcohol motifs (C(OH)–C–C–N with tert-alkyl or cyclic N) is 1. The molecule has 4 heteroatoms. The molecule has 2 rings (SSSR count). The number of piperidine rings is 1. The van der Waals surface area contributed by atoms with Gasteiger partial charge in [-0.1, -0.05) is 25.1 Å². The molecule has 1 N–H and O–H groups in total. The molecule has 0 radical (unpaired) electrons. The normalized spacial score (nSPS) is 23.4. The number of nitrogens with zero attached hydrogens (tertiary/aromatic N) is 1. The summed E-state index contributed by atoms with van der Waals surface area (Å²) in [6, 6.07) is 6.53. The first-order valence-electron chi connectivity index (χ1n) is 6.77. The standard InChI is InChI=1S/C15H20FNO2/c1-11-8-9-17(10-14(11)18)15(19)7-6-12-4-2-3-5-13(12)16/h2-5,11,14,18H,6-10H2,1H3. The number of rotatable bonds is 3. The van der Waals surface area contributed by atoms with Gasteiger partial charge in [-0.2, -0.15) is 0 Å². The van der Waals surface area contributed by atoms with E-state index in [2.05, 4.69) is 0 Å². The molecule has 0 saturated carbocycles. The van der Waals surface area contributed by atoms with Crippen molar-refractivity contribution in [2.75, 3.05) is 13.1 Å². The van der Waals surface area contributed by atoms with Crippen molar-refractivity contribution in [2.45, 2.75) is 32.3 Å². The van der Waals surface area contributed by atoms with Gasteiger partial charge in [0.2, 0.25) is 5.91 Å². The highest BCUT2D eigenvalue weighted by molar-refractivity contribution is 5.76. The number of carbonyl (C=O) groups excluding carboxylic acids is 1. The molecule has 19 heavy (non-hydrogen) atoms. The van der Waals surface area contributed by atoms with Gasteiger partial charge in [0.05, 0.1) is 6.10 Å². The Labute approximate surface area is 113 Å². The maximum Gasteiger partial charge on any atom is 0.222 e. The fourth-order valence-corrected chi connectivity index (χ4v) is 2.38. The second-order valence-corrected chi connectivity index (χ2v) is 5.26. The van der Waals surface area contributed by atoms with Crippen LogP contribution in [0.2, 0.25) is 0 Å². The van der Waals surface area contributed by atoms with Gasteiger partial charge >= 0.3 is 0 Å². The minimum atomic E-state index is -0.439. The van der Waals surface area contributed by atoms with Crippen LogP contribution in [0.3, 0.4) is 0 Å². The number of likely N-dealkylation sites (tertiary alicyclic amines) is 1. The van der Waals surface area contributed by atoms with Crippen LogP contribution in [0.25, 0.3) is 0 Å². The van der Waals surface area contributed by atoms with Gasteiger partial charge in [0.25, 0.3) is 0 Å². The van der Waals surface area contributed by atoms with Crippen molar-refractivity contribution >= 4 is 5.91 Å². The Kier molecular flexibility index (Phi) is 4.53. The Morgan fingerprint density at radius 2 is 2.21 bits per heavy atom. The first-order chi connectivity index (χ1) is 9.08. The van der Waals surface area contributed by atoms with Crippen molar-refractivity contribution in [3.05, 3.63) is 35.6 Å². The molecule has 104 valence electrons. The first kappa shape index (κ1) is 14.0. The second kappa shape index (κ2) is 6.15. The zero-order valence-electron chi connectivity index (χ0n) is 11.2. The van der Waals surface area contributed by atoms with Gasteiger partial charge in [0, 0.05) is 19.5 Å². The number of carbonyl (C=O) groups is 1. The Bertz CT molecular complexity index is 450. The second-order valence-electron chi connectivity index (χ2n) is 5.26. The topological polar surface area (TPSA) is 40.5 Å². The molecule has 1 heterocycles. The van der Waals surface area contributed by atoms with Gasteiger partial charge in [-0.15, -0.1) is 0 Å².